The summed E-state index contributed by atoms with van der Waals surface area (Å²) in [5.41, 5.74) is 6.78. The first-order valence-electron chi connectivity index (χ1n) is 6.36. The van der Waals surface area contributed by atoms with Crippen molar-refractivity contribution in [2.75, 3.05) is 12.3 Å². The molecular formula is C14H15BrN2OS. The highest BCUT2D eigenvalue weighted by molar-refractivity contribution is 9.10. The molecule has 2 N–H and O–H groups in total. The van der Waals surface area contributed by atoms with E-state index >= 15 is 0 Å². The van der Waals surface area contributed by atoms with Crippen LogP contribution in [-0.4, -0.2) is 23.4 Å². The van der Waals surface area contributed by atoms with E-state index in [-0.39, 0.29) is 5.91 Å². The zero-order valence-corrected chi connectivity index (χ0v) is 13.1. The topological polar surface area (TPSA) is 46.3 Å². The Hall–Kier alpha value is -1.07. The van der Waals surface area contributed by atoms with Crippen molar-refractivity contribution in [3.63, 3.8) is 0 Å². The van der Waals surface area contributed by atoms with Gasteiger partial charge in [0.2, 0.25) is 0 Å². The summed E-state index contributed by atoms with van der Waals surface area (Å²) in [7, 11) is 0. The highest BCUT2D eigenvalue weighted by atomic mass is 79.9. The Morgan fingerprint density at radius 1 is 1.53 bits per heavy atom. The van der Waals surface area contributed by atoms with E-state index in [4.69, 9.17) is 5.73 Å². The molecular weight excluding hydrogens is 324 g/mol. The van der Waals surface area contributed by atoms with Crippen LogP contribution in [0.4, 0.5) is 5.69 Å². The number of hydrogen-bond donors (Lipinski definition) is 1. The van der Waals surface area contributed by atoms with Gasteiger partial charge in [-0.15, -0.1) is 11.3 Å². The van der Waals surface area contributed by atoms with Crippen LogP contribution < -0.4 is 5.73 Å². The van der Waals surface area contributed by atoms with Gasteiger partial charge in [0, 0.05) is 27.1 Å². The van der Waals surface area contributed by atoms with Crippen LogP contribution in [0.2, 0.25) is 0 Å². The number of carbonyl (C=O) groups is 1. The third-order valence-electron chi connectivity index (χ3n) is 3.70. The fraction of sp³-hybridized carbons (Fsp3) is 0.357. The zero-order chi connectivity index (χ0) is 13.6. The molecule has 2 aromatic rings. The summed E-state index contributed by atoms with van der Waals surface area (Å²) < 4.78 is 2.05. The first-order chi connectivity index (χ1) is 9.08. The van der Waals surface area contributed by atoms with Crippen molar-refractivity contribution >= 4 is 48.9 Å². The van der Waals surface area contributed by atoms with E-state index in [9.17, 15) is 4.79 Å². The molecule has 1 aliphatic heterocycles. The van der Waals surface area contributed by atoms with Gasteiger partial charge in [-0.2, -0.15) is 0 Å². The summed E-state index contributed by atoms with van der Waals surface area (Å²) in [5, 5.41) is 0.967. The number of amides is 1. The highest BCUT2D eigenvalue weighted by Crippen LogP contribution is 2.36. The Morgan fingerprint density at radius 2 is 2.32 bits per heavy atom. The average molecular weight is 339 g/mol. The summed E-state index contributed by atoms with van der Waals surface area (Å²) in [6, 6.07) is 6.28. The van der Waals surface area contributed by atoms with E-state index in [1.54, 1.807) is 0 Å². The van der Waals surface area contributed by atoms with Crippen LogP contribution in [0.3, 0.4) is 0 Å². The van der Waals surface area contributed by atoms with E-state index in [0.29, 0.717) is 16.6 Å². The van der Waals surface area contributed by atoms with Gasteiger partial charge in [-0.25, -0.2) is 0 Å². The quantitative estimate of drug-likeness (QED) is 0.857. The van der Waals surface area contributed by atoms with Crippen LogP contribution in [-0.2, 0) is 0 Å². The molecule has 0 saturated carbocycles. The molecule has 1 amide bonds. The number of halogens is 1. The van der Waals surface area contributed by atoms with Gasteiger partial charge in [0.05, 0.1) is 5.69 Å². The van der Waals surface area contributed by atoms with Crippen LogP contribution in [0, 0.1) is 0 Å². The first kappa shape index (κ1) is 12.9. The van der Waals surface area contributed by atoms with Crippen LogP contribution >= 0.6 is 27.3 Å². The van der Waals surface area contributed by atoms with Crippen molar-refractivity contribution in [2.45, 2.75) is 25.8 Å². The van der Waals surface area contributed by atoms with Gasteiger partial charge in [-0.3, -0.25) is 4.79 Å². The van der Waals surface area contributed by atoms with Crippen molar-refractivity contribution in [3.05, 3.63) is 27.5 Å². The lowest BCUT2D eigenvalue weighted by Gasteiger charge is -2.20. The molecule has 0 aliphatic carbocycles. The molecule has 19 heavy (non-hydrogen) atoms. The molecule has 1 fully saturated rings. The Kier molecular flexibility index (Phi) is 3.27. The van der Waals surface area contributed by atoms with E-state index in [0.717, 1.165) is 33.9 Å². The minimum Gasteiger partial charge on any atom is -0.397 e. The molecule has 1 aromatic heterocycles. The van der Waals surface area contributed by atoms with Gasteiger partial charge in [-0.1, -0.05) is 15.9 Å². The number of nitrogens with two attached hydrogens (primary N) is 1. The van der Waals surface area contributed by atoms with Crippen molar-refractivity contribution < 1.29 is 4.79 Å². The second-order valence-corrected chi connectivity index (χ2v) is 6.94. The molecule has 100 valence electrons. The Balaban J connectivity index is 2.05. The number of likely N-dealkylation sites (tertiary alicyclic amines) is 1. The average Bonchev–Trinajstić information content (AvgIpc) is 2.94. The molecule has 0 bridgehead atoms. The zero-order valence-electron chi connectivity index (χ0n) is 10.6. The molecule has 1 unspecified atom stereocenters. The van der Waals surface area contributed by atoms with Gasteiger partial charge in [-0.05, 0) is 38.0 Å². The fourth-order valence-electron chi connectivity index (χ4n) is 2.61. The number of rotatable bonds is 1. The Morgan fingerprint density at radius 3 is 3.00 bits per heavy atom. The lowest BCUT2D eigenvalue weighted by molar-refractivity contribution is 0.0753. The summed E-state index contributed by atoms with van der Waals surface area (Å²) in [6.07, 6.45) is 2.17. The first-order valence-corrected chi connectivity index (χ1v) is 7.97. The van der Waals surface area contributed by atoms with Gasteiger partial charge < -0.3 is 10.6 Å². The van der Waals surface area contributed by atoms with Gasteiger partial charge >= 0.3 is 0 Å². The normalized spacial score (nSPS) is 19.3. The fourth-order valence-corrected chi connectivity index (χ4v) is 4.03. The molecule has 3 nitrogen and oxygen atoms in total. The standard InChI is InChI=1S/C14H15BrN2OS/c1-8-3-2-6-17(8)14(18)13-12(16)10-7-9(15)4-5-11(10)19-13/h4-5,7-8H,2-3,6,16H2,1H3. The molecule has 5 heteroatoms. The van der Waals surface area contributed by atoms with E-state index in [2.05, 4.69) is 22.9 Å². The van der Waals surface area contributed by atoms with Crippen LogP contribution in [0.15, 0.2) is 22.7 Å². The summed E-state index contributed by atoms with van der Waals surface area (Å²) >= 11 is 4.93. The van der Waals surface area contributed by atoms with Crippen molar-refractivity contribution in [1.29, 1.82) is 0 Å². The van der Waals surface area contributed by atoms with Gasteiger partial charge in [0.15, 0.2) is 0 Å². The van der Waals surface area contributed by atoms with Crippen molar-refractivity contribution in [3.8, 4) is 0 Å². The van der Waals surface area contributed by atoms with Crippen molar-refractivity contribution in [1.82, 2.24) is 4.90 Å². The number of benzene rings is 1. The summed E-state index contributed by atoms with van der Waals surface area (Å²) in [5.74, 6) is 0.0832. The molecule has 1 saturated heterocycles. The van der Waals surface area contributed by atoms with Crippen molar-refractivity contribution in [2.24, 2.45) is 0 Å². The maximum atomic E-state index is 12.6. The van der Waals surface area contributed by atoms with Crippen LogP contribution in [0.5, 0.6) is 0 Å². The summed E-state index contributed by atoms with van der Waals surface area (Å²) in [6.45, 7) is 2.95. The Bertz CT molecular complexity index is 652. The second kappa shape index (κ2) is 4.80. The number of carbonyl (C=O) groups excluding carboxylic acids is 1. The minimum absolute atomic E-state index is 0.0832. The molecule has 1 aliphatic rings. The lowest BCUT2D eigenvalue weighted by atomic mass is 10.2. The second-order valence-electron chi connectivity index (χ2n) is 4.98. The highest BCUT2D eigenvalue weighted by Gasteiger charge is 2.28. The van der Waals surface area contributed by atoms with Crippen LogP contribution in [0.1, 0.15) is 29.4 Å². The maximum absolute atomic E-state index is 12.6. The van der Waals surface area contributed by atoms with E-state index < -0.39 is 0 Å². The summed E-state index contributed by atoms with van der Waals surface area (Å²) in [4.78, 5) is 15.2. The minimum atomic E-state index is 0.0832. The lowest BCUT2D eigenvalue weighted by Crippen LogP contribution is -2.33. The largest absolute Gasteiger partial charge is 0.397 e. The number of fused-ring (bicyclic) bond motifs is 1. The third kappa shape index (κ3) is 2.15. The molecule has 2 heterocycles. The predicted octanol–water partition coefficient (Wildman–Crippen LogP) is 3.87. The smallest absolute Gasteiger partial charge is 0.266 e. The number of nitrogens with zero attached hydrogens (tertiary/aromatic N) is 1. The molecule has 1 atom stereocenters. The van der Waals surface area contributed by atoms with E-state index in [1.165, 1.54) is 11.3 Å². The van der Waals surface area contributed by atoms with Crippen LogP contribution in [0.25, 0.3) is 10.1 Å². The van der Waals surface area contributed by atoms with E-state index in [1.807, 2.05) is 23.1 Å². The number of hydrogen-bond acceptors (Lipinski definition) is 3. The molecule has 1 aromatic carbocycles. The monoisotopic (exact) mass is 338 g/mol. The molecule has 3 rings (SSSR count). The number of thiophene rings is 1. The number of anilines is 1. The number of nitrogen functional groups attached to an aromatic ring is 1. The Labute approximate surface area is 124 Å². The molecule has 0 radical (unpaired) electrons. The molecule has 0 spiro atoms. The van der Waals surface area contributed by atoms with Gasteiger partial charge in [0.25, 0.3) is 5.91 Å². The SMILES string of the molecule is CC1CCCN1C(=O)c1sc2ccc(Br)cc2c1N. The van der Waals surface area contributed by atoms with Gasteiger partial charge in [0.1, 0.15) is 4.88 Å². The maximum Gasteiger partial charge on any atom is 0.266 e. The predicted molar refractivity (Wildman–Crippen MR) is 83.7 cm³/mol. The third-order valence-corrected chi connectivity index (χ3v) is 5.36.